The van der Waals surface area contributed by atoms with Crippen molar-refractivity contribution in [2.75, 3.05) is 19.6 Å². The molecule has 148 valence electrons. The summed E-state index contributed by atoms with van der Waals surface area (Å²) >= 11 is 0. The van der Waals surface area contributed by atoms with Crippen LogP contribution in [0.2, 0.25) is 0 Å². The Morgan fingerprint density at radius 3 is 2.70 bits per heavy atom. The van der Waals surface area contributed by atoms with Gasteiger partial charge >= 0.3 is 6.03 Å². The lowest BCUT2D eigenvalue weighted by molar-refractivity contribution is -0.125. The maximum absolute atomic E-state index is 12.2. The number of amides is 3. The molecule has 3 heterocycles. The summed E-state index contributed by atoms with van der Waals surface area (Å²) in [5.74, 6) is 1.71. The van der Waals surface area contributed by atoms with Crippen LogP contribution in [-0.4, -0.2) is 54.0 Å². The van der Waals surface area contributed by atoms with Gasteiger partial charge in [-0.1, -0.05) is 0 Å². The molecule has 3 rings (SSSR count). The number of hydrogen-bond acceptors (Lipinski definition) is 4. The molecule has 0 saturated carbocycles. The van der Waals surface area contributed by atoms with E-state index in [4.69, 9.17) is 9.41 Å². The second-order valence-electron chi connectivity index (χ2n) is 7.71. The minimum atomic E-state index is -0.814. The summed E-state index contributed by atoms with van der Waals surface area (Å²) < 4.78 is 5.37. The first kappa shape index (κ1) is 19.3. The van der Waals surface area contributed by atoms with Crippen LogP contribution in [0.5, 0.6) is 0 Å². The molecule has 3 amide bonds. The van der Waals surface area contributed by atoms with Crippen molar-refractivity contribution in [2.45, 2.75) is 51.6 Å². The third-order valence-electron chi connectivity index (χ3n) is 5.30. The number of piperidine rings is 1. The fraction of sp³-hybridized carbons (Fsp3) is 0.632. The number of rotatable bonds is 5. The topological polar surface area (TPSA) is 99.0 Å². The Balaban J connectivity index is 1.60. The Hall–Kier alpha value is -2.51. The maximum atomic E-state index is 12.2. The van der Waals surface area contributed by atoms with E-state index in [0.717, 1.165) is 44.1 Å². The van der Waals surface area contributed by atoms with Crippen LogP contribution in [0.1, 0.15) is 39.4 Å². The van der Waals surface area contributed by atoms with Crippen LogP contribution in [0.4, 0.5) is 4.79 Å². The molecule has 1 aromatic heterocycles. The molecule has 0 spiro atoms. The van der Waals surface area contributed by atoms with Crippen molar-refractivity contribution < 1.29 is 14.0 Å². The molecule has 27 heavy (non-hydrogen) atoms. The van der Waals surface area contributed by atoms with Crippen molar-refractivity contribution in [1.82, 2.24) is 20.9 Å². The molecule has 8 heteroatoms. The summed E-state index contributed by atoms with van der Waals surface area (Å²) in [4.78, 5) is 30.7. The highest BCUT2D eigenvalue weighted by molar-refractivity contribution is 6.07. The van der Waals surface area contributed by atoms with Crippen molar-refractivity contribution >= 4 is 17.9 Å². The van der Waals surface area contributed by atoms with Gasteiger partial charge in [0, 0.05) is 32.1 Å². The zero-order chi connectivity index (χ0) is 19.4. The Kier molecular flexibility index (Phi) is 5.72. The van der Waals surface area contributed by atoms with Crippen molar-refractivity contribution in [3.63, 3.8) is 0 Å². The molecular weight excluding hydrogens is 346 g/mol. The van der Waals surface area contributed by atoms with E-state index in [1.807, 2.05) is 19.1 Å². The third-order valence-corrected chi connectivity index (χ3v) is 5.30. The number of hydrogen-bond donors (Lipinski definition) is 3. The number of imide groups is 1. The molecule has 1 aromatic rings. The highest BCUT2D eigenvalue weighted by Crippen LogP contribution is 2.30. The molecule has 0 bridgehead atoms. The fourth-order valence-electron chi connectivity index (χ4n) is 3.73. The zero-order valence-corrected chi connectivity index (χ0v) is 16.2. The van der Waals surface area contributed by atoms with Crippen LogP contribution in [0, 0.1) is 5.92 Å². The van der Waals surface area contributed by atoms with Gasteiger partial charge in [0.15, 0.2) is 5.96 Å². The van der Waals surface area contributed by atoms with Crippen molar-refractivity contribution in [2.24, 2.45) is 10.9 Å². The molecule has 1 unspecified atom stereocenters. The van der Waals surface area contributed by atoms with E-state index in [-0.39, 0.29) is 17.9 Å². The van der Waals surface area contributed by atoms with Gasteiger partial charge in [0.05, 0.1) is 6.26 Å². The van der Waals surface area contributed by atoms with Gasteiger partial charge in [-0.15, -0.1) is 0 Å². The van der Waals surface area contributed by atoms with Crippen LogP contribution < -0.4 is 16.0 Å². The predicted molar refractivity (Wildman–Crippen MR) is 102 cm³/mol. The van der Waals surface area contributed by atoms with Crippen molar-refractivity contribution in [3.8, 4) is 0 Å². The van der Waals surface area contributed by atoms with Crippen LogP contribution in [0.15, 0.2) is 27.8 Å². The fourth-order valence-corrected chi connectivity index (χ4v) is 3.73. The number of nitrogens with zero attached hydrogens (tertiary/aromatic N) is 2. The largest absolute Gasteiger partial charge is 0.469 e. The van der Waals surface area contributed by atoms with E-state index in [0.29, 0.717) is 6.54 Å². The first-order valence-electron chi connectivity index (χ1n) is 9.60. The maximum Gasteiger partial charge on any atom is 0.322 e. The van der Waals surface area contributed by atoms with Gasteiger partial charge in [0.2, 0.25) is 0 Å². The quantitative estimate of drug-likeness (QED) is 0.411. The summed E-state index contributed by atoms with van der Waals surface area (Å²) in [7, 11) is 0. The van der Waals surface area contributed by atoms with E-state index >= 15 is 0 Å². The highest BCUT2D eigenvalue weighted by Gasteiger charge is 2.48. The van der Waals surface area contributed by atoms with Gasteiger partial charge in [-0.2, -0.15) is 0 Å². The minimum Gasteiger partial charge on any atom is -0.469 e. The summed E-state index contributed by atoms with van der Waals surface area (Å²) in [6.07, 6.45) is 4.08. The van der Waals surface area contributed by atoms with Crippen LogP contribution in [0.3, 0.4) is 0 Å². The lowest BCUT2D eigenvalue weighted by Crippen LogP contribution is -2.56. The first-order chi connectivity index (χ1) is 12.9. The molecule has 2 aliphatic heterocycles. The summed E-state index contributed by atoms with van der Waals surface area (Å²) in [5.41, 5.74) is -0.814. The molecule has 0 radical (unpaired) electrons. The second kappa shape index (κ2) is 8.02. The zero-order valence-electron chi connectivity index (χ0n) is 16.2. The Morgan fingerprint density at radius 1 is 1.41 bits per heavy atom. The van der Waals surface area contributed by atoms with Gasteiger partial charge in [-0.25, -0.2) is 4.79 Å². The number of carbonyl (C=O) groups excluding carboxylic acids is 2. The van der Waals surface area contributed by atoms with Gasteiger partial charge in [-0.3, -0.25) is 15.1 Å². The third kappa shape index (κ3) is 4.43. The number of guanidine groups is 1. The average molecular weight is 375 g/mol. The van der Waals surface area contributed by atoms with E-state index in [1.165, 1.54) is 0 Å². The number of aliphatic imine (C=N–C) groups is 1. The second-order valence-corrected chi connectivity index (χ2v) is 7.71. The molecule has 2 aliphatic rings. The summed E-state index contributed by atoms with van der Waals surface area (Å²) in [5, 5.41) is 8.60. The van der Waals surface area contributed by atoms with Crippen molar-refractivity contribution in [3.05, 3.63) is 24.2 Å². The normalized spacial score (nSPS) is 24.3. The Bertz CT molecular complexity index is 692. The molecule has 2 fully saturated rings. The molecule has 1 atom stereocenters. The van der Waals surface area contributed by atoms with Gasteiger partial charge in [0.1, 0.15) is 11.3 Å². The molecule has 2 saturated heterocycles. The van der Waals surface area contributed by atoms with Crippen LogP contribution in [0.25, 0.3) is 0 Å². The number of carbonyl (C=O) groups is 2. The molecule has 0 aliphatic carbocycles. The molecular formula is C19H29N5O3. The van der Waals surface area contributed by atoms with E-state index in [2.05, 4.69) is 34.7 Å². The number of furan rings is 1. The van der Waals surface area contributed by atoms with E-state index in [9.17, 15) is 9.59 Å². The monoisotopic (exact) mass is 375 g/mol. The Morgan fingerprint density at radius 2 is 2.15 bits per heavy atom. The van der Waals surface area contributed by atoms with Crippen LogP contribution >= 0.6 is 0 Å². The smallest absolute Gasteiger partial charge is 0.322 e. The molecule has 8 nitrogen and oxygen atoms in total. The predicted octanol–water partition coefficient (Wildman–Crippen LogP) is 1.49. The van der Waals surface area contributed by atoms with Gasteiger partial charge < -0.3 is 20.0 Å². The van der Waals surface area contributed by atoms with Crippen LogP contribution in [-0.2, 0) is 11.2 Å². The molecule has 0 aromatic carbocycles. The highest BCUT2D eigenvalue weighted by atomic mass is 16.3. The summed E-state index contributed by atoms with van der Waals surface area (Å²) in [6.45, 7) is 8.24. The van der Waals surface area contributed by atoms with Gasteiger partial charge in [-0.05, 0) is 51.7 Å². The number of nitrogens with one attached hydrogen (secondary N) is 3. The number of likely N-dealkylation sites (tertiary alicyclic amines) is 1. The lowest BCUT2D eigenvalue weighted by Gasteiger charge is -2.40. The average Bonchev–Trinajstić information content (AvgIpc) is 3.22. The standard InChI is InChI=1S/C19H29N5O3/c1-13(2)21-17(20-9-6-15-5-4-12-27-15)24-10-7-14(8-11-24)19(3)16(25)22-18(26)23-19/h4-5,12-14H,6-11H2,1-3H3,(H,20,21)(H2,22,23,25,26). The van der Waals surface area contributed by atoms with E-state index < -0.39 is 11.6 Å². The van der Waals surface area contributed by atoms with Crippen molar-refractivity contribution in [1.29, 1.82) is 0 Å². The SMILES string of the molecule is CC(C)NC(=NCCc1ccco1)N1CCC(C2(C)NC(=O)NC2=O)CC1. The Labute approximate surface area is 159 Å². The molecule has 3 N–H and O–H groups in total. The minimum absolute atomic E-state index is 0.114. The lowest BCUT2D eigenvalue weighted by atomic mass is 9.79. The summed E-state index contributed by atoms with van der Waals surface area (Å²) in [6, 6.07) is 3.72. The first-order valence-corrected chi connectivity index (χ1v) is 9.60. The number of urea groups is 1. The van der Waals surface area contributed by atoms with E-state index in [1.54, 1.807) is 6.26 Å². The van der Waals surface area contributed by atoms with Gasteiger partial charge in [0.25, 0.3) is 5.91 Å².